The lowest BCUT2D eigenvalue weighted by Crippen LogP contribution is -2.24. The number of aliphatic hydroxyl groups is 1. The first-order valence-electron chi connectivity index (χ1n) is 7.43. The van der Waals surface area contributed by atoms with Crippen molar-refractivity contribution in [3.05, 3.63) is 80.3 Å². The molecule has 2 aromatic rings. The van der Waals surface area contributed by atoms with Gasteiger partial charge >= 0.3 is 0 Å². The van der Waals surface area contributed by atoms with Gasteiger partial charge in [0.1, 0.15) is 6.61 Å². The highest BCUT2D eigenvalue weighted by Crippen LogP contribution is 2.34. The zero-order chi connectivity index (χ0) is 17.1. The zero-order valence-corrected chi connectivity index (χ0v) is 15.1. The minimum Gasteiger partial charge on any atom is -0.387 e. The van der Waals surface area contributed by atoms with Crippen molar-refractivity contribution in [2.45, 2.75) is 6.42 Å². The van der Waals surface area contributed by atoms with E-state index < -0.39 is 12.5 Å². The van der Waals surface area contributed by atoms with Gasteiger partial charge in [0, 0.05) is 21.5 Å². The van der Waals surface area contributed by atoms with Crippen LogP contribution < -0.4 is 5.32 Å². The molecule has 3 rings (SSSR count). The first-order chi connectivity index (χ1) is 11.6. The first kappa shape index (κ1) is 17.0. The fourth-order valence-electron chi connectivity index (χ4n) is 2.66. The third kappa shape index (κ3) is 3.78. The number of halogens is 2. The van der Waals surface area contributed by atoms with Crippen molar-refractivity contribution in [1.82, 2.24) is 5.32 Å². The zero-order valence-electron chi connectivity index (χ0n) is 12.7. The molecule has 0 unspecified atom stereocenters. The van der Waals surface area contributed by atoms with Crippen molar-refractivity contribution >= 4 is 45.2 Å². The summed E-state index contributed by atoms with van der Waals surface area (Å²) in [6.07, 6.45) is 4.70. The van der Waals surface area contributed by atoms with Crippen molar-refractivity contribution in [2.75, 3.05) is 6.61 Å². The molecule has 1 aliphatic carbocycles. The molecule has 2 aromatic carbocycles. The number of hydrogen-bond acceptors (Lipinski definition) is 2. The Morgan fingerprint density at radius 1 is 1.21 bits per heavy atom. The lowest BCUT2D eigenvalue weighted by molar-refractivity contribution is -0.122. The van der Waals surface area contributed by atoms with Crippen LogP contribution in [0.2, 0.25) is 5.02 Å². The van der Waals surface area contributed by atoms with Crippen LogP contribution in [-0.2, 0) is 11.2 Å². The van der Waals surface area contributed by atoms with Gasteiger partial charge in [-0.15, -0.1) is 0 Å². The van der Waals surface area contributed by atoms with Crippen molar-refractivity contribution < 1.29 is 9.90 Å². The molecule has 0 radical (unpaired) electrons. The van der Waals surface area contributed by atoms with Gasteiger partial charge in [-0.2, -0.15) is 0 Å². The molecule has 0 saturated carbocycles. The quantitative estimate of drug-likeness (QED) is 0.803. The van der Waals surface area contributed by atoms with Crippen molar-refractivity contribution in [3.63, 3.8) is 0 Å². The number of allylic oxidation sites excluding steroid dienone is 2. The summed E-state index contributed by atoms with van der Waals surface area (Å²) in [5.41, 5.74) is 4.89. The smallest absolute Gasteiger partial charge is 0.250 e. The van der Waals surface area contributed by atoms with E-state index >= 15 is 0 Å². The molecule has 0 aromatic heterocycles. The van der Waals surface area contributed by atoms with Crippen molar-refractivity contribution in [3.8, 4) is 0 Å². The largest absolute Gasteiger partial charge is 0.387 e. The van der Waals surface area contributed by atoms with E-state index in [2.05, 4.69) is 21.2 Å². The standard InChI is InChI=1S/C19H15BrClNO2/c20-15-5-8-17-14(10-15)9-13(19(17)22-18(24)11-23)4-1-12-2-6-16(21)7-3-12/h1-8,10,23H,9,11H2,(H,22,24)/b4-1+. The summed E-state index contributed by atoms with van der Waals surface area (Å²) in [6.45, 7) is -0.538. The first-order valence-corrected chi connectivity index (χ1v) is 8.60. The molecule has 0 saturated heterocycles. The number of amides is 1. The molecular formula is C19H15BrClNO2. The number of nitrogens with one attached hydrogen (secondary N) is 1. The maximum atomic E-state index is 11.7. The maximum absolute atomic E-state index is 11.7. The van der Waals surface area contributed by atoms with Crippen LogP contribution >= 0.6 is 27.5 Å². The third-order valence-electron chi connectivity index (χ3n) is 3.79. The molecule has 1 amide bonds. The Hall–Kier alpha value is -1.88. The summed E-state index contributed by atoms with van der Waals surface area (Å²) in [7, 11) is 0. The summed E-state index contributed by atoms with van der Waals surface area (Å²) in [5.74, 6) is -0.418. The van der Waals surface area contributed by atoms with Gasteiger partial charge in [-0.3, -0.25) is 4.79 Å². The highest BCUT2D eigenvalue weighted by Gasteiger charge is 2.21. The van der Waals surface area contributed by atoms with Crippen LogP contribution in [0.25, 0.3) is 11.8 Å². The summed E-state index contributed by atoms with van der Waals surface area (Å²) >= 11 is 9.38. The normalized spacial score (nSPS) is 13.5. The van der Waals surface area contributed by atoms with Gasteiger partial charge in [-0.1, -0.05) is 57.9 Å². The number of benzene rings is 2. The number of fused-ring (bicyclic) bond motifs is 1. The highest BCUT2D eigenvalue weighted by atomic mass is 79.9. The van der Waals surface area contributed by atoms with Crippen LogP contribution in [0.3, 0.4) is 0 Å². The molecular weight excluding hydrogens is 390 g/mol. The molecule has 1 aliphatic rings. The van der Waals surface area contributed by atoms with Crippen LogP contribution in [0.4, 0.5) is 0 Å². The summed E-state index contributed by atoms with van der Waals surface area (Å²) in [5, 5.41) is 12.5. The van der Waals surface area contributed by atoms with Crippen LogP contribution in [0.15, 0.2) is 58.6 Å². The van der Waals surface area contributed by atoms with Gasteiger partial charge in [0.2, 0.25) is 5.91 Å². The van der Waals surface area contributed by atoms with E-state index in [-0.39, 0.29) is 0 Å². The Morgan fingerprint density at radius 3 is 2.67 bits per heavy atom. The molecule has 3 nitrogen and oxygen atoms in total. The minimum atomic E-state index is -0.538. The van der Waals surface area contributed by atoms with E-state index in [0.29, 0.717) is 5.02 Å². The summed E-state index contributed by atoms with van der Waals surface area (Å²) in [6, 6.07) is 13.5. The molecule has 0 atom stereocenters. The van der Waals surface area contributed by atoms with E-state index in [1.54, 1.807) is 0 Å². The predicted octanol–water partition coefficient (Wildman–Crippen LogP) is 4.19. The Morgan fingerprint density at radius 2 is 1.96 bits per heavy atom. The van der Waals surface area contributed by atoms with Crippen LogP contribution in [-0.4, -0.2) is 17.6 Å². The third-order valence-corrected chi connectivity index (χ3v) is 4.54. The number of hydrogen-bond donors (Lipinski definition) is 2. The second-order valence-corrected chi connectivity index (χ2v) is 6.82. The molecule has 0 fully saturated rings. The Kier molecular flexibility index (Phi) is 5.19. The second kappa shape index (κ2) is 7.34. The summed E-state index contributed by atoms with van der Waals surface area (Å²) < 4.78 is 0.997. The Balaban J connectivity index is 1.94. The average molecular weight is 405 g/mol. The van der Waals surface area contributed by atoms with Gasteiger partial charge in [-0.25, -0.2) is 0 Å². The van der Waals surface area contributed by atoms with Crippen LogP contribution in [0.1, 0.15) is 16.7 Å². The molecule has 24 heavy (non-hydrogen) atoms. The van der Waals surface area contributed by atoms with E-state index in [1.807, 2.05) is 54.6 Å². The average Bonchev–Trinajstić information content (AvgIpc) is 2.91. The number of aliphatic hydroxyl groups excluding tert-OH is 1. The van der Waals surface area contributed by atoms with Gasteiger partial charge in [0.05, 0.1) is 5.70 Å². The van der Waals surface area contributed by atoms with E-state index in [9.17, 15) is 4.79 Å². The molecule has 0 bridgehead atoms. The Labute approximate surface area is 153 Å². The van der Waals surface area contributed by atoms with E-state index in [0.717, 1.165) is 38.9 Å². The SMILES string of the molecule is O=C(CO)NC1=C(/C=C/c2ccc(Cl)cc2)Cc2cc(Br)ccc21. The fourth-order valence-corrected chi connectivity index (χ4v) is 3.19. The highest BCUT2D eigenvalue weighted by molar-refractivity contribution is 9.10. The molecule has 0 heterocycles. The molecule has 122 valence electrons. The maximum Gasteiger partial charge on any atom is 0.250 e. The van der Waals surface area contributed by atoms with Gasteiger partial charge in [-0.05, 0) is 41.0 Å². The van der Waals surface area contributed by atoms with E-state index in [1.165, 1.54) is 0 Å². The van der Waals surface area contributed by atoms with Crippen LogP contribution in [0.5, 0.6) is 0 Å². The molecule has 0 aliphatic heterocycles. The minimum absolute atomic E-state index is 0.418. The molecule has 0 spiro atoms. The van der Waals surface area contributed by atoms with E-state index in [4.69, 9.17) is 16.7 Å². The van der Waals surface area contributed by atoms with Crippen LogP contribution in [0, 0.1) is 0 Å². The summed E-state index contributed by atoms with van der Waals surface area (Å²) in [4.78, 5) is 11.7. The molecule has 5 heteroatoms. The fraction of sp³-hybridized carbons (Fsp3) is 0.105. The number of carbonyl (C=O) groups excluding carboxylic acids is 1. The number of rotatable bonds is 4. The Bertz CT molecular complexity index is 841. The van der Waals surface area contributed by atoms with Gasteiger partial charge < -0.3 is 10.4 Å². The van der Waals surface area contributed by atoms with Crippen molar-refractivity contribution in [2.24, 2.45) is 0 Å². The second-order valence-electron chi connectivity index (χ2n) is 5.47. The predicted molar refractivity (Wildman–Crippen MR) is 100 cm³/mol. The van der Waals surface area contributed by atoms with Gasteiger partial charge in [0.15, 0.2) is 0 Å². The lowest BCUT2D eigenvalue weighted by atomic mass is 10.1. The monoisotopic (exact) mass is 403 g/mol. The topological polar surface area (TPSA) is 49.3 Å². The molecule has 2 N–H and O–H groups in total. The van der Waals surface area contributed by atoms with Gasteiger partial charge in [0.25, 0.3) is 0 Å². The van der Waals surface area contributed by atoms with Crippen molar-refractivity contribution in [1.29, 1.82) is 0 Å². The number of carbonyl (C=O) groups is 1. The lowest BCUT2D eigenvalue weighted by Gasteiger charge is -2.08.